The number of carboxylic acids is 1. The molecule has 0 aliphatic heterocycles. The molecule has 2 N–H and O–H groups in total. The number of carboxylic acid groups (broad SMARTS) is 1. The van der Waals surface area contributed by atoms with Gasteiger partial charge in [-0.15, -0.1) is 0 Å². The van der Waals surface area contributed by atoms with E-state index in [9.17, 15) is 19.5 Å². The zero-order chi connectivity index (χ0) is 26.0. The van der Waals surface area contributed by atoms with Gasteiger partial charge in [-0.1, -0.05) is 65.0 Å². The Kier molecular flexibility index (Phi) is 8.35. The standard InChI is InChI=1S/C27H41N3O4/c1-17(2)21(14-18(3)24(32)33)30(9)23(31)22(26(4,5)6)28-25(34)27(29(7)8)15-19-12-10-11-13-20(19)16-27/h10-14,17,21-22H,15-16H2,1-9H3,(H,28,34)(H,32,33)/b18-14+. The molecule has 0 spiro atoms. The fraction of sp³-hybridized carbons (Fsp3) is 0.593. The summed E-state index contributed by atoms with van der Waals surface area (Å²) in [5.74, 6) is -1.43. The molecule has 1 aliphatic carbocycles. The summed E-state index contributed by atoms with van der Waals surface area (Å²) < 4.78 is 0. The summed E-state index contributed by atoms with van der Waals surface area (Å²) in [5.41, 5.74) is 1.16. The molecule has 2 atom stereocenters. The van der Waals surface area contributed by atoms with Gasteiger partial charge in [0.15, 0.2) is 0 Å². The van der Waals surface area contributed by atoms with Crippen LogP contribution >= 0.6 is 0 Å². The summed E-state index contributed by atoms with van der Waals surface area (Å²) in [6.45, 7) is 11.2. The van der Waals surface area contributed by atoms with Crippen LogP contribution in [0.3, 0.4) is 0 Å². The van der Waals surface area contributed by atoms with Crippen LogP contribution in [-0.4, -0.2) is 71.5 Å². The lowest BCUT2D eigenvalue weighted by atomic mass is 9.83. The Hall–Kier alpha value is -2.67. The number of amides is 2. The quantitative estimate of drug-likeness (QED) is 0.569. The van der Waals surface area contributed by atoms with E-state index in [0.717, 1.165) is 11.1 Å². The molecule has 0 heterocycles. The average molecular weight is 472 g/mol. The second-order valence-electron chi connectivity index (χ2n) is 11.2. The van der Waals surface area contributed by atoms with Gasteiger partial charge >= 0.3 is 5.97 Å². The molecule has 1 aliphatic rings. The topological polar surface area (TPSA) is 90.0 Å². The number of rotatable bonds is 8. The summed E-state index contributed by atoms with van der Waals surface area (Å²) in [7, 11) is 5.48. The van der Waals surface area contributed by atoms with Crippen molar-refractivity contribution in [2.45, 2.75) is 72.0 Å². The first-order chi connectivity index (χ1) is 15.6. The smallest absolute Gasteiger partial charge is 0.331 e. The Morgan fingerprint density at radius 1 is 1.06 bits per heavy atom. The molecule has 0 fully saturated rings. The van der Waals surface area contributed by atoms with Gasteiger partial charge in [0, 0.05) is 25.5 Å². The molecule has 0 bridgehead atoms. The van der Waals surface area contributed by atoms with Gasteiger partial charge in [0.2, 0.25) is 11.8 Å². The lowest BCUT2D eigenvalue weighted by Crippen LogP contribution is -2.63. The number of hydrogen-bond acceptors (Lipinski definition) is 4. The Morgan fingerprint density at radius 2 is 1.56 bits per heavy atom. The van der Waals surface area contributed by atoms with Crippen molar-refractivity contribution >= 4 is 17.8 Å². The monoisotopic (exact) mass is 471 g/mol. The molecule has 0 radical (unpaired) electrons. The van der Waals surface area contributed by atoms with E-state index in [4.69, 9.17) is 0 Å². The van der Waals surface area contributed by atoms with Gasteiger partial charge in [-0.05, 0) is 43.5 Å². The Balaban J connectivity index is 2.37. The number of likely N-dealkylation sites (N-methyl/N-ethyl adjacent to an activating group) is 2. The highest BCUT2D eigenvalue weighted by Gasteiger charge is 2.48. The van der Waals surface area contributed by atoms with Crippen LogP contribution in [0.15, 0.2) is 35.9 Å². The molecular formula is C27H41N3O4. The first-order valence-corrected chi connectivity index (χ1v) is 11.9. The zero-order valence-corrected chi connectivity index (χ0v) is 22.1. The first kappa shape index (κ1) is 27.6. The van der Waals surface area contributed by atoms with Crippen molar-refractivity contribution in [3.63, 3.8) is 0 Å². The van der Waals surface area contributed by atoms with E-state index in [2.05, 4.69) is 17.4 Å². The fourth-order valence-electron chi connectivity index (χ4n) is 4.62. The predicted molar refractivity (Wildman–Crippen MR) is 134 cm³/mol. The van der Waals surface area contributed by atoms with Crippen LogP contribution in [0.4, 0.5) is 0 Å². The molecule has 0 saturated heterocycles. The molecule has 2 unspecified atom stereocenters. The van der Waals surface area contributed by atoms with E-state index in [1.807, 2.05) is 65.7 Å². The largest absolute Gasteiger partial charge is 0.478 e. The van der Waals surface area contributed by atoms with Crippen molar-refractivity contribution in [1.82, 2.24) is 15.1 Å². The van der Waals surface area contributed by atoms with Crippen LogP contribution in [0.25, 0.3) is 0 Å². The minimum atomic E-state index is -1.01. The molecule has 188 valence electrons. The van der Waals surface area contributed by atoms with E-state index in [-0.39, 0.29) is 23.3 Å². The molecule has 2 rings (SSSR count). The van der Waals surface area contributed by atoms with Gasteiger partial charge in [0.1, 0.15) is 11.6 Å². The average Bonchev–Trinajstić information content (AvgIpc) is 3.14. The number of fused-ring (bicyclic) bond motifs is 1. The van der Waals surface area contributed by atoms with Crippen LogP contribution < -0.4 is 5.32 Å². The van der Waals surface area contributed by atoms with E-state index in [0.29, 0.717) is 12.8 Å². The third kappa shape index (κ3) is 5.69. The highest BCUT2D eigenvalue weighted by atomic mass is 16.4. The predicted octanol–water partition coefficient (Wildman–Crippen LogP) is 3.13. The van der Waals surface area contributed by atoms with Gasteiger partial charge in [-0.3, -0.25) is 14.5 Å². The summed E-state index contributed by atoms with van der Waals surface area (Å²) >= 11 is 0. The van der Waals surface area contributed by atoms with Gasteiger partial charge in [-0.2, -0.15) is 0 Å². The highest BCUT2D eigenvalue weighted by molar-refractivity contribution is 5.94. The Bertz CT molecular complexity index is 934. The van der Waals surface area contributed by atoms with Crippen molar-refractivity contribution in [3.8, 4) is 0 Å². The maximum atomic E-state index is 13.8. The van der Waals surface area contributed by atoms with E-state index in [1.54, 1.807) is 18.0 Å². The van der Waals surface area contributed by atoms with Crippen molar-refractivity contribution < 1.29 is 19.5 Å². The number of benzene rings is 1. The van der Waals surface area contributed by atoms with Gasteiger partial charge in [0.05, 0.1) is 6.04 Å². The van der Waals surface area contributed by atoms with Gasteiger partial charge in [-0.25, -0.2) is 4.79 Å². The molecule has 0 aromatic heterocycles. The summed E-state index contributed by atoms with van der Waals surface area (Å²) in [6, 6.07) is 6.89. The number of hydrogen-bond donors (Lipinski definition) is 2. The maximum Gasteiger partial charge on any atom is 0.331 e. The number of nitrogens with one attached hydrogen (secondary N) is 1. The van der Waals surface area contributed by atoms with E-state index < -0.39 is 29.0 Å². The van der Waals surface area contributed by atoms with Crippen LogP contribution in [0.1, 0.15) is 52.7 Å². The number of carbonyl (C=O) groups is 3. The molecular weight excluding hydrogens is 430 g/mol. The minimum absolute atomic E-state index is 0.00276. The van der Waals surface area contributed by atoms with E-state index >= 15 is 0 Å². The Labute approximate surface area is 204 Å². The summed E-state index contributed by atoms with van der Waals surface area (Å²) in [6.07, 6.45) is 2.78. The minimum Gasteiger partial charge on any atom is -0.478 e. The first-order valence-electron chi connectivity index (χ1n) is 11.9. The van der Waals surface area contributed by atoms with Gasteiger partial charge < -0.3 is 15.3 Å². The summed E-state index contributed by atoms with van der Waals surface area (Å²) in [5, 5.41) is 12.4. The number of carbonyl (C=O) groups excluding carboxylic acids is 2. The third-order valence-electron chi connectivity index (χ3n) is 6.99. The number of aliphatic carboxylic acids is 1. The number of nitrogens with zero attached hydrogens (tertiary/aromatic N) is 2. The van der Waals surface area contributed by atoms with Crippen LogP contribution in [-0.2, 0) is 27.2 Å². The second kappa shape index (κ2) is 10.3. The lowest BCUT2D eigenvalue weighted by Gasteiger charge is -2.41. The van der Waals surface area contributed by atoms with Crippen molar-refractivity contribution in [1.29, 1.82) is 0 Å². The molecule has 0 saturated carbocycles. The Morgan fingerprint density at radius 3 is 1.94 bits per heavy atom. The van der Waals surface area contributed by atoms with E-state index in [1.165, 1.54) is 6.92 Å². The zero-order valence-electron chi connectivity index (χ0n) is 22.1. The van der Waals surface area contributed by atoms with Crippen molar-refractivity contribution in [2.24, 2.45) is 11.3 Å². The van der Waals surface area contributed by atoms with Crippen LogP contribution in [0, 0.1) is 11.3 Å². The van der Waals surface area contributed by atoms with Crippen LogP contribution in [0.2, 0.25) is 0 Å². The van der Waals surface area contributed by atoms with Crippen molar-refractivity contribution in [3.05, 3.63) is 47.0 Å². The normalized spacial score (nSPS) is 17.3. The summed E-state index contributed by atoms with van der Waals surface area (Å²) in [4.78, 5) is 42.5. The SMILES string of the molecule is C/C(=C\C(C(C)C)N(C)C(=O)C(NC(=O)C1(N(C)C)Cc2ccccc2C1)C(C)(C)C)C(=O)O. The third-order valence-corrected chi connectivity index (χ3v) is 6.99. The van der Waals surface area contributed by atoms with Gasteiger partial charge in [0.25, 0.3) is 0 Å². The maximum absolute atomic E-state index is 13.8. The highest BCUT2D eigenvalue weighted by Crippen LogP contribution is 2.34. The second-order valence-corrected chi connectivity index (χ2v) is 11.2. The molecule has 7 nitrogen and oxygen atoms in total. The molecule has 34 heavy (non-hydrogen) atoms. The molecule has 1 aromatic carbocycles. The molecule has 2 amide bonds. The lowest BCUT2D eigenvalue weighted by molar-refractivity contribution is -0.143. The van der Waals surface area contributed by atoms with Crippen LogP contribution in [0.5, 0.6) is 0 Å². The molecule has 1 aromatic rings. The fourth-order valence-corrected chi connectivity index (χ4v) is 4.62. The van der Waals surface area contributed by atoms with Crippen molar-refractivity contribution in [2.75, 3.05) is 21.1 Å². The molecule has 7 heteroatoms.